The van der Waals surface area contributed by atoms with Gasteiger partial charge in [-0.15, -0.1) is 12.4 Å². The van der Waals surface area contributed by atoms with E-state index in [1.165, 1.54) is 0 Å². The Labute approximate surface area is 125 Å². The van der Waals surface area contributed by atoms with Gasteiger partial charge in [0.2, 0.25) is 15.9 Å². The number of anilines is 2. The number of hydrogen-bond acceptors (Lipinski definition) is 4. The molecule has 0 radical (unpaired) electrons. The van der Waals surface area contributed by atoms with E-state index in [2.05, 4.69) is 10.0 Å². The molecule has 1 aromatic carbocycles. The molecule has 0 aliphatic heterocycles. The molecule has 4 N–H and O–H groups in total. The zero-order chi connectivity index (χ0) is 14.7. The minimum atomic E-state index is -3.29. The molecule has 1 aromatic rings. The highest BCUT2D eigenvalue weighted by molar-refractivity contribution is 7.92. The van der Waals surface area contributed by atoms with E-state index in [-0.39, 0.29) is 24.9 Å². The van der Waals surface area contributed by atoms with E-state index in [1.54, 1.807) is 38.1 Å². The van der Waals surface area contributed by atoms with Gasteiger partial charge in [0.05, 0.1) is 11.7 Å². The predicted octanol–water partition coefficient (Wildman–Crippen LogP) is 1.40. The summed E-state index contributed by atoms with van der Waals surface area (Å²) in [5.74, 6) is -0.182. The van der Waals surface area contributed by atoms with Crippen molar-refractivity contribution in [1.29, 1.82) is 0 Å². The summed E-state index contributed by atoms with van der Waals surface area (Å²) in [6.45, 7) is 3.75. The summed E-state index contributed by atoms with van der Waals surface area (Å²) in [4.78, 5) is 11.9. The summed E-state index contributed by atoms with van der Waals surface area (Å²) in [7, 11) is -3.29. The van der Waals surface area contributed by atoms with Crippen LogP contribution in [-0.2, 0) is 14.8 Å². The lowest BCUT2D eigenvalue weighted by Crippen LogP contribution is -2.37. The maximum absolute atomic E-state index is 11.9. The Balaban J connectivity index is 0.00000361. The van der Waals surface area contributed by atoms with E-state index >= 15 is 0 Å². The normalized spacial score (nSPS) is 11.4. The first-order chi connectivity index (χ1) is 8.64. The van der Waals surface area contributed by atoms with Crippen molar-refractivity contribution >= 4 is 39.7 Å². The molecule has 0 saturated carbocycles. The zero-order valence-electron chi connectivity index (χ0n) is 11.6. The Morgan fingerprint density at radius 3 is 2.05 bits per heavy atom. The molecule has 0 heterocycles. The number of amides is 1. The van der Waals surface area contributed by atoms with Gasteiger partial charge in [0, 0.05) is 17.9 Å². The lowest BCUT2D eigenvalue weighted by molar-refractivity contribution is -0.123. The fourth-order valence-electron chi connectivity index (χ4n) is 1.23. The SMILES string of the molecule is CC(C)(CN)C(=O)Nc1ccc(NS(C)(=O)=O)cc1.Cl. The van der Waals surface area contributed by atoms with Crippen molar-refractivity contribution in [3.63, 3.8) is 0 Å². The van der Waals surface area contributed by atoms with Crippen LogP contribution in [0.4, 0.5) is 11.4 Å². The van der Waals surface area contributed by atoms with Crippen LogP contribution < -0.4 is 15.8 Å². The number of hydrogen-bond donors (Lipinski definition) is 3. The molecule has 0 aliphatic carbocycles. The highest BCUT2D eigenvalue weighted by Gasteiger charge is 2.25. The van der Waals surface area contributed by atoms with Crippen molar-refractivity contribution in [2.24, 2.45) is 11.1 Å². The van der Waals surface area contributed by atoms with E-state index in [9.17, 15) is 13.2 Å². The molecule has 0 fully saturated rings. The van der Waals surface area contributed by atoms with Gasteiger partial charge in [0.1, 0.15) is 0 Å². The lowest BCUT2D eigenvalue weighted by Gasteiger charge is -2.21. The standard InChI is InChI=1S/C12H19N3O3S.ClH/c1-12(2,8-13)11(16)14-9-4-6-10(7-5-9)15-19(3,17)18;/h4-7,15H,8,13H2,1-3H3,(H,14,16);1H. The molecular weight excluding hydrogens is 302 g/mol. The molecular formula is C12H20ClN3O3S. The second kappa shape index (κ2) is 6.92. The number of sulfonamides is 1. The molecule has 114 valence electrons. The van der Waals surface area contributed by atoms with Crippen molar-refractivity contribution in [3.8, 4) is 0 Å². The van der Waals surface area contributed by atoms with Crippen LogP contribution in [0.2, 0.25) is 0 Å². The van der Waals surface area contributed by atoms with Gasteiger partial charge in [0.15, 0.2) is 0 Å². The first kappa shape index (κ1) is 18.7. The topological polar surface area (TPSA) is 101 Å². The molecule has 0 aliphatic rings. The number of carbonyl (C=O) groups is 1. The summed E-state index contributed by atoms with van der Waals surface area (Å²) in [6, 6.07) is 6.40. The maximum Gasteiger partial charge on any atom is 0.231 e. The molecule has 6 nitrogen and oxygen atoms in total. The summed E-state index contributed by atoms with van der Waals surface area (Å²) < 4.78 is 24.4. The third kappa shape index (κ3) is 5.77. The molecule has 0 bridgehead atoms. The highest BCUT2D eigenvalue weighted by atomic mass is 35.5. The molecule has 0 spiro atoms. The molecule has 0 atom stereocenters. The number of halogens is 1. The van der Waals surface area contributed by atoms with Crippen molar-refractivity contribution in [1.82, 2.24) is 0 Å². The Morgan fingerprint density at radius 1 is 1.20 bits per heavy atom. The Bertz CT molecular complexity index is 556. The van der Waals surface area contributed by atoms with Crippen molar-refractivity contribution in [3.05, 3.63) is 24.3 Å². The van der Waals surface area contributed by atoms with E-state index in [1.807, 2.05) is 0 Å². The number of nitrogens with two attached hydrogens (primary N) is 1. The average Bonchev–Trinajstić information content (AvgIpc) is 2.29. The lowest BCUT2D eigenvalue weighted by atomic mass is 9.92. The summed E-state index contributed by atoms with van der Waals surface area (Å²) >= 11 is 0. The van der Waals surface area contributed by atoms with Crippen LogP contribution in [0.25, 0.3) is 0 Å². The summed E-state index contributed by atoms with van der Waals surface area (Å²) in [6.07, 6.45) is 1.08. The van der Waals surface area contributed by atoms with Crippen LogP contribution in [0.5, 0.6) is 0 Å². The second-order valence-electron chi connectivity index (χ2n) is 4.99. The zero-order valence-corrected chi connectivity index (χ0v) is 13.3. The van der Waals surface area contributed by atoms with E-state index in [0.29, 0.717) is 11.4 Å². The number of benzene rings is 1. The van der Waals surface area contributed by atoms with Gasteiger partial charge in [-0.1, -0.05) is 0 Å². The van der Waals surface area contributed by atoms with Crippen molar-refractivity contribution < 1.29 is 13.2 Å². The van der Waals surface area contributed by atoms with Gasteiger partial charge < -0.3 is 11.1 Å². The molecule has 20 heavy (non-hydrogen) atoms. The third-order valence-electron chi connectivity index (χ3n) is 2.57. The molecule has 8 heteroatoms. The van der Waals surface area contributed by atoms with Crippen molar-refractivity contribution in [2.45, 2.75) is 13.8 Å². The van der Waals surface area contributed by atoms with Crippen LogP contribution in [0.3, 0.4) is 0 Å². The predicted molar refractivity (Wildman–Crippen MR) is 83.6 cm³/mol. The van der Waals surface area contributed by atoms with Crippen LogP contribution in [0.15, 0.2) is 24.3 Å². The van der Waals surface area contributed by atoms with Crippen LogP contribution in [0, 0.1) is 5.41 Å². The van der Waals surface area contributed by atoms with Gasteiger partial charge in [-0.2, -0.15) is 0 Å². The fourth-order valence-corrected chi connectivity index (χ4v) is 1.79. The van der Waals surface area contributed by atoms with Crippen LogP contribution in [0.1, 0.15) is 13.8 Å². The van der Waals surface area contributed by atoms with Gasteiger partial charge in [-0.05, 0) is 38.1 Å². The molecule has 0 unspecified atom stereocenters. The first-order valence-corrected chi connectivity index (χ1v) is 7.62. The quantitative estimate of drug-likeness (QED) is 0.763. The second-order valence-corrected chi connectivity index (χ2v) is 6.74. The van der Waals surface area contributed by atoms with E-state index < -0.39 is 15.4 Å². The maximum atomic E-state index is 11.9. The summed E-state index contributed by atoms with van der Waals surface area (Å²) in [5.41, 5.74) is 5.90. The summed E-state index contributed by atoms with van der Waals surface area (Å²) in [5, 5.41) is 2.73. The highest BCUT2D eigenvalue weighted by Crippen LogP contribution is 2.19. The van der Waals surface area contributed by atoms with Crippen LogP contribution in [-0.4, -0.2) is 27.1 Å². The minimum Gasteiger partial charge on any atom is -0.329 e. The Hall–Kier alpha value is -1.31. The molecule has 1 amide bonds. The van der Waals surface area contributed by atoms with Crippen molar-refractivity contribution in [2.75, 3.05) is 22.8 Å². The average molecular weight is 322 g/mol. The molecule has 0 saturated heterocycles. The number of carbonyl (C=O) groups excluding carboxylic acids is 1. The van der Waals surface area contributed by atoms with Gasteiger partial charge in [-0.3, -0.25) is 9.52 Å². The van der Waals surface area contributed by atoms with Gasteiger partial charge >= 0.3 is 0 Å². The molecule has 1 rings (SSSR count). The van der Waals surface area contributed by atoms with E-state index in [0.717, 1.165) is 6.26 Å². The first-order valence-electron chi connectivity index (χ1n) is 5.73. The van der Waals surface area contributed by atoms with Gasteiger partial charge in [-0.25, -0.2) is 8.42 Å². The third-order valence-corrected chi connectivity index (χ3v) is 3.18. The largest absolute Gasteiger partial charge is 0.329 e. The van der Waals surface area contributed by atoms with Gasteiger partial charge in [0.25, 0.3) is 0 Å². The number of rotatable bonds is 5. The number of nitrogens with one attached hydrogen (secondary N) is 2. The fraction of sp³-hybridized carbons (Fsp3) is 0.417. The monoisotopic (exact) mass is 321 g/mol. The molecule has 0 aromatic heterocycles. The van der Waals surface area contributed by atoms with E-state index in [4.69, 9.17) is 5.73 Å². The Kier molecular flexibility index (Phi) is 6.46. The smallest absolute Gasteiger partial charge is 0.231 e. The van der Waals surface area contributed by atoms with Crippen LogP contribution >= 0.6 is 12.4 Å². The Morgan fingerprint density at radius 2 is 1.65 bits per heavy atom. The minimum absolute atomic E-state index is 0.